The fourth-order valence-electron chi connectivity index (χ4n) is 2.52. The second kappa shape index (κ2) is 6.07. The van der Waals surface area contributed by atoms with Crippen LogP contribution in [0.4, 0.5) is 10.3 Å². The lowest BCUT2D eigenvalue weighted by atomic mass is 10.1. The molecule has 0 spiro atoms. The molecular weight excluding hydrogens is 305 g/mol. The summed E-state index contributed by atoms with van der Waals surface area (Å²) in [5.74, 6) is 0.214. The van der Waals surface area contributed by atoms with Crippen LogP contribution in [0.5, 0.6) is 0 Å². The first kappa shape index (κ1) is 16.2. The molecule has 0 aliphatic rings. The highest BCUT2D eigenvalue weighted by Crippen LogP contribution is 2.17. The Morgan fingerprint density at radius 1 is 1.08 bits per heavy atom. The number of anilines is 1. The van der Waals surface area contributed by atoms with E-state index >= 15 is 0 Å². The quantitative estimate of drug-likeness (QED) is 0.797. The van der Waals surface area contributed by atoms with E-state index in [9.17, 15) is 9.18 Å². The number of halogens is 1. The van der Waals surface area contributed by atoms with Crippen molar-refractivity contribution in [3.63, 3.8) is 0 Å². The molecule has 0 saturated heterocycles. The second-order valence-corrected chi connectivity index (χ2v) is 6.85. The number of fused-ring (bicyclic) bond motifs is 1. The largest absolute Gasteiger partial charge is 0.351 e. The number of benzene rings is 2. The van der Waals surface area contributed by atoms with E-state index in [0.29, 0.717) is 23.4 Å². The van der Waals surface area contributed by atoms with Gasteiger partial charge in [0.25, 0.3) is 5.56 Å². The number of rotatable bonds is 3. The highest BCUT2D eigenvalue weighted by atomic mass is 19.1. The number of para-hydroxylation sites is 1. The summed E-state index contributed by atoms with van der Waals surface area (Å²) in [4.78, 5) is 17.5. The van der Waals surface area contributed by atoms with Gasteiger partial charge in [-0.25, -0.2) is 9.37 Å². The minimum atomic E-state index is -0.296. The summed E-state index contributed by atoms with van der Waals surface area (Å²) in [6.45, 7) is 6.36. The SMILES string of the molecule is CC(C)(C)Nc1nc2ccccc2c(=O)n1Cc1ccc(F)cc1. The van der Waals surface area contributed by atoms with E-state index in [-0.39, 0.29) is 16.9 Å². The van der Waals surface area contributed by atoms with Gasteiger partial charge < -0.3 is 5.32 Å². The van der Waals surface area contributed by atoms with E-state index in [1.807, 2.05) is 39.0 Å². The van der Waals surface area contributed by atoms with Crippen LogP contribution < -0.4 is 10.9 Å². The highest BCUT2D eigenvalue weighted by molar-refractivity contribution is 5.78. The molecule has 0 radical (unpaired) electrons. The Balaban J connectivity index is 2.15. The average Bonchev–Trinajstić information content (AvgIpc) is 2.51. The van der Waals surface area contributed by atoms with Gasteiger partial charge in [-0.15, -0.1) is 0 Å². The van der Waals surface area contributed by atoms with Gasteiger partial charge in [0.15, 0.2) is 0 Å². The van der Waals surface area contributed by atoms with Crippen LogP contribution in [0.15, 0.2) is 53.3 Å². The van der Waals surface area contributed by atoms with Crippen LogP contribution in [0.3, 0.4) is 0 Å². The zero-order chi connectivity index (χ0) is 17.3. The fourth-order valence-corrected chi connectivity index (χ4v) is 2.52. The van der Waals surface area contributed by atoms with Gasteiger partial charge in [0.1, 0.15) is 5.82 Å². The Hall–Kier alpha value is -2.69. The third-order valence-corrected chi connectivity index (χ3v) is 3.60. The van der Waals surface area contributed by atoms with Crippen LogP contribution in [0.1, 0.15) is 26.3 Å². The zero-order valence-electron chi connectivity index (χ0n) is 14.0. The van der Waals surface area contributed by atoms with E-state index in [0.717, 1.165) is 5.56 Å². The van der Waals surface area contributed by atoms with Crippen molar-refractivity contribution < 1.29 is 4.39 Å². The first-order valence-corrected chi connectivity index (χ1v) is 7.86. The van der Waals surface area contributed by atoms with Gasteiger partial charge in [-0.3, -0.25) is 9.36 Å². The van der Waals surface area contributed by atoms with Crippen LogP contribution in [-0.2, 0) is 6.54 Å². The first-order chi connectivity index (χ1) is 11.3. The van der Waals surface area contributed by atoms with E-state index in [2.05, 4.69) is 10.3 Å². The summed E-state index contributed by atoms with van der Waals surface area (Å²) in [6, 6.07) is 13.4. The molecule has 3 aromatic rings. The first-order valence-electron chi connectivity index (χ1n) is 7.86. The lowest BCUT2D eigenvalue weighted by molar-refractivity contribution is 0.608. The van der Waals surface area contributed by atoms with Gasteiger partial charge in [0, 0.05) is 5.54 Å². The average molecular weight is 325 g/mol. The summed E-state index contributed by atoms with van der Waals surface area (Å²) in [5.41, 5.74) is 1.14. The Labute approximate surface area is 140 Å². The maximum Gasteiger partial charge on any atom is 0.263 e. The summed E-state index contributed by atoms with van der Waals surface area (Å²) in [5, 5.41) is 3.86. The smallest absolute Gasteiger partial charge is 0.263 e. The van der Waals surface area contributed by atoms with E-state index in [4.69, 9.17) is 0 Å². The molecule has 3 rings (SSSR count). The maximum atomic E-state index is 13.1. The van der Waals surface area contributed by atoms with Gasteiger partial charge >= 0.3 is 0 Å². The number of nitrogens with zero attached hydrogens (tertiary/aromatic N) is 2. The van der Waals surface area contributed by atoms with Gasteiger partial charge in [0.2, 0.25) is 5.95 Å². The van der Waals surface area contributed by atoms with Crippen molar-refractivity contribution in [3.05, 3.63) is 70.3 Å². The third kappa shape index (κ3) is 3.45. The van der Waals surface area contributed by atoms with E-state index in [1.54, 1.807) is 22.8 Å². The van der Waals surface area contributed by atoms with Crippen LogP contribution >= 0.6 is 0 Å². The lowest BCUT2D eigenvalue weighted by Crippen LogP contribution is -2.33. The molecule has 0 fully saturated rings. The molecule has 0 aliphatic carbocycles. The van der Waals surface area contributed by atoms with Crippen molar-refractivity contribution in [2.45, 2.75) is 32.9 Å². The molecule has 2 aromatic carbocycles. The molecule has 124 valence electrons. The minimum absolute atomic E-state index is 0.114. The Bertz CT molecular complexity index is 924. The van der Waals surface area contributed by atoms with Crippen LogP contribution in [0, 0.1) is 5.82 Å². The van der Waals surface area contributed by atoms with Gasteiger partial charge in [0.05, 0.1) is 17.4 Å². The van der Waals surface area contributed by atoms with Crippen molar-refractivity contribution in [3.8, 4) is 0 Å². The van der Waals surface area contributed by atoms with E-state index in [1.165, 1.54) is 12.1 Å². The normalized spacial score (nSPS) is 11.7. The Kier molecular flexibility index (Phi) is 4.09. The number of aromatic nitrogens is 2. The topological polar surface area (TPSA) is 46.9 Å². The number of hydrogen-bond acceptors (Lipinski definition) is 3. The molecule has 1 aromatic heterocycles. The third-order valence-electron chi connectivity index (χ3n) is 3.60. The van der Waals surface area contributed by atoms with Crippen molar-refractivity contribution in [2.75, 3.05) is 5.32 Å². The summed E-state index contributed by atoms with van der Waals surface area (Å²) < 4.78 is 14.7. The summed E-state index contributed by atoms with van der Waals surface area (Å²) in [7, 11) is 0. The molecule has 0 amide bonds. The monoisotopic (exact) mass is 325 g/mol. The number of nitrogens with one attached hydrogen (secondary N) is 1. The second-order valence-electron chi connectivity index (χ2n) is 6.85. The predicted octanol–water partition coefficient (Wildman–Crippen LogP) is 3.79. The maximum absolute atomic E-state index is 13.1. The molecule has 0 saturated carbocycles. The van der Waals surface area contributed by atoms with Crippen LogP contribution in [0.2, 0.25) is 0 Å². The zero-order valence-corrected chi connectivity index (χ0v) is 14.0. The Morgan fingerprint density at radius 3 is 2.42 bits per heavy atom. The van der Waals surface area contributed by atoms with Crippen LogP contribution in [-0.4, -0.2) is 15.1 Å². The van der Waals surface area contributed by atoms with Gasteiger partial charge in [-0.1, -0.05) is 24.3 Å². The summed E-state index contributed by atoms with van der Waals surface area (Å²) in [6.07, 6.45) is 0. The lowest BCUT2D eigenvalue weighted by Gasteiger charge is -2.24. The molecule has 1 heterocycles. The summed E-state index contributed by atoms with van der Waals surface area (Å²) >= 11 is 0. The molecular formula is C19H20FN3O. The van der Waals surface area contributed by atoms with Crippen molar-refractivity contribution in [2.24, 2.45) is 0 Å². The minimum Gasteiger partial charge on any atom is -0.351 e. The molecule has 0 unspecified atom stereocenters. The molecule has 0 aliphatic heterocycles. The molecule has 1 N–H and O–H groups in total. The standard InChI is InChI=1S/C19H20FN3O/c1-19(2,3)22-18-21-16-7-5-4-6-15(16)17(24)23(18)12-13-8-10-14(20)11-9-13/h4-11H,12H2,1-3H3,(H,21,22). The number of hydrogen-bond donors (Lipinski definition) is 1. The van der Waals surface area contributed by atoms with Crippen molar-refractivity contribution in [1.29, 1.82) is 0 Å². The van der Waals surface area contributed by atoms with Crippen LogP contribution in [0.25, 0.3) is 10.9 Å². The van der Waals surface area contributed by atoms with Crippen molar-refractivity contribution >= 4 is 16.9 Å². The fraction of sp³-hybridized carbons (Fsp3) is 0.263. The molecule has 5 heteroatoms. The van der Waals surface area contributed by atoms with Crippen molar-refractivity contribution in [1.82, 2.24) is 9.55 Å². The molecule has 0 atom stereocenters. The molecule has 0 bridgehead atoms. The van der Waals surface area contributed by atoms with E-state index < -0.39 is 0 Å². The van der Waals surface area contributed by atoms with Gasteiger partial charge in [-0.05, 0) is 50.6 Å². The van der Waals surface area contributed by atoms with Gasteiger partial charge in [-0.2, -0.15) is 0 Å². The predicted molar refractivity (Wildman–Crippen MR) is 94.9 cm³/mol. The molecule has 4 nitrogen and oxygen atoms in total. The highest BCUT2D eigenvalue weighted by Gasteiger charge is 2.16. The molecule has 24 heavy (non-hydrogen) atoms. The Morgan fingerprint density at radius 2 is 1.75 bits per heavy atom.